The van der Waals surface area contributed by atoms with Crippen LogP contribution in [0, 0.1) is 0 Å². The van der Waals surface area contributed by atoms with Gasteiger partial charge in [-0.3, -0.25) is 9.59 Å². The van der Waals surface area contributed by atoms with Gasteiger partial charge in [0.15, 0.2) is 15.6 Å². The van der Waals surface area contributed by atoms with E-state index in [1.165, 1.54) is 25.1 Å². The molecule has 0 aliphatic carbocycles. The fourth-order valence-corrected chi connectivity index (χ4v) is 3.23. The van der Waals surface area contributed by atoms with Crippen LogP contribution in [-0.2, 0) is 14.6 Å². The number of nitrogens with one attached hydrogen (secondary N) is 1. The summed E-state index contributed by atoms with van der Waals surface area (Å²) in [6.45, 7) is 1.35. The summed E-state index contributed by atoms with van der Waals surface area (Å²) >= 11 is 0. The van der Waals surface area contributed by atoms with Crippen molar-refractivity contribution in [1.82, 2.24) is 0 Å². The number of Topliss-reactive ketones (excluding diaryl/α,β-unsaturated/α-hetero) is 1. The molecular weight excluding hydrogens is 242 g/mol. The van der Waals surface area contributed by atoms with E-state index in [1.807, 2.05) is 0 Å². The minimum atomic E-state index is -3.35. The van der Waals surface area contributed by atoms with Crippen LogP contribution in [0.3, 0.4) is 0 Å². The van der Waals surface area contributed by atoms with E-state index in [0.717, 1.165) is 0 Å². The molecule has 0 saturated heterocycles. The Morgan fingerprint density at radius 1 is 1.35 bits per heavy atom. The topological polar surface area (TPSA) is 80.3 Å². The van der Waals surface area contributed by atoms with Crippen LogP contribution in [0.4, 0.5) is 5.69 Å². The standard InChI is InChI=1S/C11H11NO4S/c1-7(13)12-8-2-3-11-9(6-8)10(14)4-5-17(11,15)16/h2-3,6H,4-5H2,1H3,(H,12,13). The van der Waals surface area contributed by atoms with Crippen molar-refractivity contribution in [2.45, 2.75) is 18.2 Å². The quantitative estimate of drug-likeness (QED) is 0.809. The van der Waals surface area contributed by atoms with Crippen LogP contribution in [0.5, 0.6) is 0 Å². The first-order valence-corrected chi connectivity index (χ1v) is 6.73. The van der Waals surface area contributed by atoms with Crippen molar-refractivity contribution in [3.8, 4) is 0 Å². The lowest BCUT2D eigenvalue weighted by atomic mass is 10.1. The third-order valence-electron chi connectivity index (χ3n) is 2.53. The first-order valence-electron chi connectivity index (χ1n) is 5.08. The molecule has 1 N–H and O–H groups in total. The first-order chi connectivity index (χ1) is 7.90. The van der Waals surface area contributed by atoms with Gasteiger partial charge in [0.1, 0.15) is 0 Å². The Labute approximate surface area is 98.7 Å². The molecule has 0 radical (unpaired) electrons. The molecule has 17 heavy (non-hydrogen) atoms. The number of amides is 1. The van der Waals surface area contributed by atoms with Crippen molar-refractivity contribution in [3.05, 3.63) is 23.8 Å². The first kappa shape index (κ1) is 11.8. The van der Waals surface area contributed by atoms with Gasteiger partial charge in [0, 0.05) is 24.6 Å². The summed E-state index contributed by atoms with van der Waals surface area (Å²) in [6.07, 6.45) is -0.00113. The Bertz CT molecular complexity index is 604. The van der Waals surface area contributed by atoms with Crippen LogP contribution < -0.4 is 5.32 Å². The third kappa shape index (κ3) is 2.21. The number of sulfone groups is 1. The number of carbonyl (C=O) groups is 2. The molecular formula is C11H11NO4S. The van der Waals surface area contributed by atoms with Crippen molar-refractivity contribution < 1.29 is 18.0 Å². The van der Waals surface area contributed by atoms with Crippen LogP contribution in [0.2, 0.25) is 0 Å². The van der Waals surface area contributed by atoms with Gasteiger partial charge in [-0.2, -0.15) is 0 Å². The monoisotopic (exact) mass is 253 g/mol. The summed E-state index contributed by atoms with van der Waals surface area (Å²) in [5.41, 5.74) is 0.601. The SMILES string of the molecule is CC(=O)Nc1ccc2c(c1)C(=O)CCS2(=O)=O. The Hall–Kier alpha value is -1.69. The molecule has 0 bridgehead atoms. The number of fused-ring (bicyclic) bond motifs is 1. The summed E-state index contributed by atoms with van der Waals surface area (Å²) in [6, 6.07) is 4.26. The highest BCUT2D eigenvalue weighted by atomic mass is 32.2. The molecule has 1 aromatic carbocycles. The van der Waals surface area contributed by atoms with Crippen molar-refractivity contribution in [1.29, 1.82) is 0 Å². The predicted octanol–water partition coefficient (Wildman–Crippen LogP) is 1.01. The van der Waals surface area contributed by atoms with Crippen LogP contribution in [0.1, 0.15) is 23.7 Å². The van der Waals surface area contributed by atoms with E-state index in [1.54, 1.807) is 0 Å². The van der Waals surface area contributed by atoms with Gasteiger partial charge in [-0.25, -0.2) is 8.42 Å². The molecule has 0 saturated carbocycles. The highest BCUT2D eigenvalue weighted by Crippen LogP contribution is 2.27. The second-order valence-corrected chi connectivity index (χ2v) is 5.96. The van der Waals surface area contributed by atoms with Crippen LogP contribution >= 0.6 is 0 Å². The predicted molar refractivity (Wildman–Crippen MR) is 61.7 cm³/mol. The molecule has 5 nitrogen and oxygen atoms in total. The lowest BCUT2D eigenvalue weighted by Crippen LogP contribution is -2.21. The second-order valence-electron chi connectivity index (χ2n) is 3.88. The average Bonchev–Trinajstić information content (AvgIpc) is 2.23. The lowest BCUT2D eigenvalue weighted by Gasteiger charge is -2.16. The van der Waals surface area contributed by atoms with Gasteiger partial charge in [-0.15, -0.1) is 0 Å². The van der Waals surface area contributed by atoms with Crippen molar-refractivity contribution in [2.24, 2.45) is 0 Å². The average molecular weight is 253 g/mol. The van der Waals surface area contributed by atoms with E-state index in [2.05, 4.69) is 5.32 Å². The smallest absolute Gasteiger partial charge is 0.221 e. The Kier molecular flexibility index (Phi) is 2.74. The third-order valence-corrected chi connectivity index (χ3v) is 4.30. The van der Waals surface area contributed by atoms with Crippen molar-refractivity contribution in [3.63, 3.8) is 0 Å². The lowest BCUT2D eigenvalue weighted by molar-refractivity contribution is -0.114. The van der Waals surface area contributed by atoms with E-state index in [0.29, 0.717) is 5.69 Å². The van der Waals surface area contributed by atoms with Gasteiger partial charge in [-0.1, -0.05) is 0 Å². The van der Waals surface area contributed by atoms with Gasteiger partial charge in [-0.05, 0) is 18.2 Å². The Morgan fingerprint density at radius 3 is 2.71 bits per heavy atom. The maximum absolute atomic E-state index is 11.7. The minimum absolute atomic E-state index is 0.00113. The maximum Gasteiger partial charge on any atom is 0.221 e. The maximum atomic E-state index is 11.7. The normalized spacial score (nSPS) is 17.4. The number of hydrogen-bond donors (Lipinski definition) is 1. The number of benzene rings is 1. The van der Waals surface area contributed by atoms with E-state index >= 15 is 0 Å². The zero-order valence-electron chi connectivity index (χ0n) is 9.19. The van der Waals surface area contributed by atoms with Crippen LogP contribution in [0.25, 0.3) is 0 Å². The second kappa shape index (κ2) is 3.96. The Morgan fingerprint density at radius 2 is 2.06 bits per heavy atom. The van der Waals surface area contributed by atoms with Crippen molar-refractivity contribution in [2.75, 3.05) is 11.1 Å². The minimum Gasteiger partial charge on any atom is -0.326 e. The summed E-state index contributed by atoms with van der Waals surface area (Å²) in [7, 11) is -3.35. The zero-order chi connectivity index (χ0) is 12.6. The van der Waals surface area contributed by atoms with Gasteiger partial charge >= 0.3 is 0 Å². The number of carbonyl (C=O) groups excluding carboxylic acids is 2. The highest BCUT2D eigenvalue weighted by molar-refractivity contribution is 7.91. The molecule has 90 valence electrons. The number of anilines is 1. The zero-order valence-corrected chi connectivity index (χ0v) is 10.0. The Balaban J connectivity index is 2.54. The molecule has 6 heteroatoms. The molecule has 2 rings (SSSR count). The highest BCUT2D eigenvalue weighted by Gasteiger charge is 2.28. The molecule has 1 heterocycles. The van der Waals surface area contributed by atoms with E-state index in [-0.39, 0.29) is 34.3 Å². The van der Waals surface area contributed by atoms with Crippen LogP contribution in [0.15, 0.2) is 23.1 Å². The van der Waals surface area contributed by atoms with Gasteiger partial charge < -0.3 is 5.32 Å². The van der Waals surface area contributed by atoms with Gasteiger partial charge in [0.05, 0.1) is 10.6 Å². The van der Waals surface area contributed by atoms with Crippen molar-refractivity contribution >= 4 is 27.2 Å². The number of ketones is 1. The molecule has 0 aromatic heterocycles. The summed E-state index contributed by atoms with van der Waals surface area (Å²) < 4.78 is 23.4. The largest absolute Gasteiger partial charge is 0.326 e. The fraction of sp³-hybridized carbons (Fsp3) is 0.273. The molecule has 0 atom stereocenters. The molecule has 0 unspecified atom stereocenters. The van der Waals surface area contributed by atoms with E-state index in [4.69, 9.17) is 0 Å². The molecule has 0 fully saturated rings. The molecule has 1 amide bonds. The number of rotatable bonds is 1. The van der Waals surface area contributed by atoms with Gasteiger partial charge in [0.2, 0.25) is 5.91 Å². The summed E-state index contributed by atoms with van der Waals surface area (Å²) in [5.74, 6) is -0.615. The molecule has 1 aliphatic rings. The molecule has 1 aromatic rings. The number of hydrogen-bond acceptors (Lipinski definition) is 4. The summed E-state index contributed by atoms with van der Waals surface area (Å²) in [5, 5.41) is 2.52. The molecule has 0 spiro atoms. The summed E-state index contributed by atoms with van der Waals surface area (Å²) in [4.78, 5) is 22.6. The van der Waals surface area contributed by atoms with Gasteiger partial charge in [0.25, 0.3) is 0 Å². The fourth-order valence-electron chi connectivity index (χ4n) is 1.77. The van der Waals surface area contributed by atoms with E-state index in [9.17, 15) is 18.0 Å². The molecule has 1 aliphatic heterocycles. The van der Waals surface area contributed by atoms with E-state index < -0.39 is 9.84 Å². The van der Waals surface area contributed by atoms with Crippen LogP contribution in [-0.4, -0.2) is 25.9 Å².